The van der Waals surface area contributed by atoms with E-state index in [0.717, 1.165) is 23.9 Å². The second kappa shape index (κ2) is 7.77. The predicted octanol–water partition coefficient (Wildman–Crippen LogP) is 3.70. The van der Waals surface area contributed by atoms with Crippen molar-refractivity contribution in [1.82, 2.24) is 14.1 Å². The molecule has 0 bridgehead atoms. The van der Waals surface area contributed by atoms with E-state index in [2.05, 4.69) is 0 Å². The smallest absolute Gasteiger partial charge is 0.258 e. The molecule has 1 N–H and O–H groups in total. The number of aromatic nitrogens is 3. The molecule has 29 heavy (non-hydrogen) atoms. The molecule has 0 saturated carbocycles. The molecule has 6 nitrogen and oxygen atoms in total. The second-order valence-corrected chi connectivity index (χ2v) is 7.67. The van der Waals surface area contributed by atoms with Crippen LogP contribution in [0.2, 0.25) is 10.0 Å². The van der Waals surface area contributed by atoms with Crippen LogP contribution in [0.15, 0.2) is 60.6 Å². The number of H-pyrrole nitrogens is 1. The molecule has 1 heterocycles. The van der Waals surface area contributed by atoms with Crippen LogP contribution in [0.3, 0.4) is 0 Å². The minimum atomic E-state index is -4.45. The molecule has 0 atom stereocenters. The highest BCUT2D eigenvalue weighted by molar-refractivity contribution is 7.99. The number of nitrogens with one attached hydrogen (secondary N) is 1. The summed E-state index contributed by atoms with van der Waals surface area (Å²) in [6.07, 6.45) is -4.45. The highest BCUT2D eigenvalue weighted by Crippen LogP contribution is 2.40. The van der Waals surface area contributed by atoms with E-state index >= 15 is 0 Å². The minimum absolute atomic E-state index is 0.0265. The third-order valence-corrected chi connectivity index (χ3v) is 5.81. The van der Waals surface area contributed by atoms with Crippen molar-refractivity contribution in [1.29, 1.82) is 0 Å². The molecule has 0 unspecified atom stereocenters. The van der Waals surface area contributed by atoms with Gasteiger partial charge in [-0.25, -0.2) is 23.5 Å². The van der Waals surface area contributed by atoms with Crippen molar-refractivity contribution >= 4 is 35.0 Å². The Labute approximate surface area is 174 Å². The Morgan fingerprint density at radius 3 is 2.03 bits per heavy atom. The van der Waals surface area contributed by atoms with Crippen molar-refractivity contribution in [2.24, 2.45) is 7.05 Å². The third kappa shape index (κ3) is 4.29. The van der Waals surface area contributed by atoms with Gasteiger partial charge in [-0.1, -0.05) is 35.0 Å². The fourth-order valence-corrected chi connectivity index (χ4v) is 3.91. The minimum Gasteiger partial charge on any atom is -0.258 e. The van der Waals surface area contributed by atoms with E-state index in [1.165, 1.54) is 31.3 Å². The van der Waals surface area contributed by atoms with Gasteiger partial charge in [-0.15, -0.1) is 0 Å². The summed E-state index contributed by atoms with van der Waals surface area (Å²) in [6, 6.07) is 7.00. The van der Waals surface area contributed by atoms with Gasteiger partial charge < -0.3 is 0 Å². The zero-order chi connectivity index (χ0) is 21.5. The molecule has 152 valence electrons. The van der Waals surface area contributed by atoms with Crippen LogP contribution in [0.1, 0.15) is 5.56 Å². The van der Waals surface area contributed by atoms with Gasteiger partial charge in [0.1, 0.15) is 0 Å². The number of halogens is 5. The van der Waals surface area contributed by atoms with Crippen LogP contribution in [-0.4, -0.2) is 14.1 Å². The van der Waals surface area contributed by atoms with E-state index in [-0.39, 0.29) is 15.7 Å². The Balaban J connectivity index is 2.02. The summed E-state index contributed by atoms with van der Waals surface area (Å²) >= 11 is 13.5. The summed E-state index contributed by atoms with van der Waals surface area (Å²) in [5.74, 6) is 0. The standard InChI is InChI=1S/C17H10Cl2F3N3O3S/c1-24-14(26)23-15(27)25(16(24)28)9-6-11(18)13(12(19)7-9)29-10-4-2-8(3-5-10)17(20,21)22/h2-7H,1H3,(H,23,26,27). The van der Waals surface area contributed by atoms with Gasteiger partial charge >= 0.3 is 23.2 Å². The van der Waals surface area contributed by atoms with Gasteiger partial charge in [0, 0.05) is 16.8 Å². The fraction of sp³-hybridized carbons (Fsp3) is 0.118. The van der Waals surface area contributed by atoms with Crippen molar-refractivity contribution in [3.05, 3.63) is 83.5 Å². The van der Waals surface area contributed by atoms with Crippen LogP contribution < -0.4 is 17.1 Å². The van der Waals surface area contributed by atoms with Crippen LogP contribution >= 0.6 is 35.0 Å². The molecule has 2 aromatic carbocycles. The van der Waals surface area contributed by atoms with Crippen LogP contribution in [0.25, 0.3) is 5.69 Å². The Morgan fingerprint density at radius 2 is 1.52 bits per heavy atom. The summed E-state index contributed by atoms with van der Waals surface area (Å²) in [5.41, 5.74) is -3.49. The summed E-state index contributed by atoms with van der Waals surface area (Å²) in [7, 11) is 1.19. The molecular formula is C17H10Cl2F3N3O3S. The van der Waals surface area contributed by atoms with Crippen molar-refractivity contribution < 1.29 is 13.2 Å². The maximum atomic E-state index is 12.7. The zero-order valence-corrected chi connectivity index (χ0v) is 16.7. The Morgan fingerprint density at radius 1 is 0.966 bits per heavy atom. The molecule has 1 aromatic heterocycles. The molecular weight excluding hydrogens is 454 g/mol. The summed E-state index contributed by atoms with van der Waals surface area (Å²) < 4.78 is 39.4. The van der Waals surface area contributed by atoms with E-state index < -0.39 is 28.8 Å². The molecule has 0 aliphatic carbocycles. The van der Waals surface area contributed by atoms with E-state index in [0.29, 0.717) is 18.9 Å². The number of alkyl halides is 3. The quantitative estimate of drug-likeness (QED) is 0.642. The monoisotopic (exact) mass is 463 g/mol. The number of rotatable bonds is 3. The highest BCUT2D eigenvalue weighted by atomic mass is 35.5. The lowest BCUT2D eigenvalue weighted by atomic mass is 10.2. The van der Waals surface area contributed by atoms with Gasteiger partial charge in [-0.3, -0.25) is 4.98 Å². The lowest BCUT2D eigenvalue weighted by Crippen LogP contribution is -2.47. The van der Waals surface area contributed by atoms with Crippen molar-refractivity contribution in [2.45, 2.75) is 16.0 Å². The molecule has 0 spiro atoms. The maximum Gasteiger partial charge on any atom is 0.416 e. The third-order valence-electron chi connectivity index (χ3n) is 3.84. The van der Waals surface area contributed by atoms with E-state index in [9.17, 15) is 27.6 Å². The predicted molar refractivity (Wildman–Crippen MR) is 103 cm³/mol. The van der Waals surface area contributed by atoms with Crippen LogP contribution in [-0.2, 0) is 13.2 Å². The SMILES string of the molecule is Cn1c(=O)[nH]c(=O)n(-c2cc(Cl)c(Sc3ccc(C(F)(F)F)cc3)c(Cl)c2)c1=O. The number of nitrogens with zero attached hydrogens (tertiary/aromatic N) is 2. The first-order valence-electron chi connectivity index (χ1n) is 7.76. The largest absolute Gasteiger partial charge is 0.416 e. The van der Waals surface area contributed by atoms with E-state index in [1.807, 2.05) is 4.98 Å². The topological polar surface area (TPSA) is 76.9 Å². The molecule has 0 amide bonds. The summed E-state index contributed by atoms with van der Waals surface area (Å²) in [6.45, 7) is 0. The van der Waals surface area contributed by atoms with E-state index in [4.69, 9.17) is 23.2 Å². The lowest BCUT2D eigenvalue weighted by Gasteiger charge is -2.12. The number of hydrogen-bond acceptors (Lipinski definition) is 4. The summed E-state index contributed by atoms with van der Waals surface area (Å²) in [4.78, 5) is 38.5. The van der Waals surface area contributed by atoms with Crippen LogP contribution in [0.4, 0.5) is 13.2 Å². The Hall–Kier alpha value is -2.43. The second-order valence-electron chi connectivity index (χ2n) is 5.78. The number of benzene rings is 2. The molecule has 3 rings (SSSR count). The molecule has 0 fully saturated rings. The zero-order valence-electron chi connectivity index (χ0n) is 14.4. The Bertz CT molecular complexity index is 1240. The average molecular weight is 464 g/mol. The van der Waals surface area contributed by atoms with Gasteiger partial charge in [0.05, 0.1) is 21.3 Å². The van der Waals surface area contributed by atoms with Gasteiger partial charge in [-0.05, 0) is 36.4 Å². The molecule has 12 heteroatoms. The normalized spacial score (nSPS) is 11.7. The Kier molecular flexibility index (Phi) is 5.70. The van der Waals surface area contributed by atoms with Gasteiger partial charge in [0.15, 0.2) is 0 Å². The molecule has 3 aromatic rings. The lowest BCUT2D eigenvalue weighted by molar-refractivity contribution is -0.137. The van der Waals surface area contributed by atoms with E-state index in [1.54, 1.807) is 0 Å². The highest BCUT2D eigenvalue weighted by Gasteiger charge is 2.30. The molecule has 0 saturated heterocycles. The fourth-order valence-electron chi connectivity index (χ4n) is 2.39. The maximum absolute atomic E-state index is 12.7. The van der Waals surface area contributed by atoms with Gasteiger partial charge in [0.25, 0.3) is 0 Å². The number of aromatic amines is 1. The molecule has 0 aliphatic rings. The van der Waals surface area contributed by atoms with Crippen molar-refractivity contribution in [3.63, 3.8) is 0 Å². The summed E-state index contributed by atoms with van der Waals surface area (Å²) in [5, 5.41) is 0.134. The first-order chi connectivity index (χ1) is 13.5. The average Bonchev–Trinajstić information content (AvgIpc) is 2.62. The van der Waals surface area contributed by atoms with Crippen molar-refractivity contribution in [3.8, 4) is 5.69 Å². The van der Waals surface area contributed by atoms with Gasteiger partial charge in [-0.2, -0.15) is 13.2 Å². The first kappa shape index (κ1) is 21.3. The van der Waals surface area contributed by atoms with Gasteiger partial charge in [0.2, 0.25) is 0 Å². The van der Waals surface area contributed by atoms with Crippen molar-refractivity contribution in [2.75, 3.05) is 0 Å². The molecule has 0 aliphatic heterocycles. The number of hydrogen-bond donors (Lipinski definition) is 1. The first-order valence-corrected chi connectivity index (χ1v) is 9.33. The van der Waals surface area contributed by atoms with Crippen LogP contribution in [0, 0.1) is 0 Å². The molecule has 0 radical (unpaired) electrons. The van der Waals surface area contributed by atoms with Crippen LogP contribution in [0.5, 0.6) is 0 Å².